The molecule has 5 rings (SSSR count). The first-order valence-corrected chi connectivity index (χ1v) is 15.1. The number of para-hydroxylation sites is 2. The van der Waals surface area contributed by atoms with Crippen molar-refractivity contribution in [2.24, 2.45) is 5.92 Å². The van der Waals surface area contributed by atoms with Gasteiger partial charge in [-0.3, -0.25) is 14.2 Å². The average molecular weight is 578 g/mol. The van der Waals surface area contributed by atoms with E-state index in [2.05, 4.69) is 27.3 Å². The van der Waals surface area contributed by atoms with E-state index in [1.165, 1.54) is 23.1 Å². The third-order valence-electron chi connectivity index (χ3n) is 6.73. The Morgan fingerprint density at radius 2 is 1.80 bits per heavy atom. The van der Waals surface area contributed by atoms with Crippen LogP contribution < -0.4 is 4.74 Å². The lowest BCUT2D eigenvalue weighted by atomic mass is 9.97. The van der Waals surface area contributed by atoms with Gasteiger partial charge in [-0.2, -0.15) is 0 Å². The molecule has 208 valence electrons. The Balaban J connectivity index is 1.29. The molecule has 0 radical (unpaired) electrons. The van der Waals surface area contributed by atoms with E-state index < -0.39 is 0 Å². The molecule has 0 atom stereocenters. The predicted octanol–water partition coefficient (Wildman–Crippen LogP) is 5.03. The number of ether oxygens (including phenoxy) is 2. The summed E-state index contributed by atoms with van der Waals surface area (Å²) >= 11 is 2.98. The van der Waals surface area contributed by atoms with Gasteiger partial charge in [-0.05, 0) is 37.5 Å². The summed E-state index contributed by atoms with van der Waals surface area (Å²) in [5.74, 6) is 1.67. The first-order chi connectivity index (χ1) is 19.6. The minimum absolute atomic E-state index is 0.0999. The Kier molecular flexibility index (Phi) is 9.12. The Morgan fingerprint density at radius 1 is 1.05 bits per heavy atom. The van der Waals surface area contributed by atoms with Gasteiger partial charge in [-0.15, -0.1) is 21.5 Å². The second-order valence-electron chi connectivity index (χ2n) is 9.30. The lowest BCUT2D eigenvalue weighted by Crippen LogP contribution is -2.40. The van der Waals surface area contributed by atoms with Crippen LogP contribution in [0.5, 0.6) is 5.75 Å². The van der Waals surface area contributed by atoms with Crippen molar-refractivity contribution in [3.8, 4) is 11.4 Å². The average Bonchev–Trinajstić information content (AvgIpc) is 3.63. The second-order valence-corrected chi connectivity index (χ2v) is 11.2. The molecule has 1 aliphatic rings. The molecule has 1 aliphatic heterocycles. The zero-order valence-corrected chi connectivity index (χ0v) is 24.1. The number of esters is 1. The lowest BCUT2D eigenvalue weighted by molar-refractivity contribution is -0.149. The third-order valence-corrected chi connectivity index (χ3v) is 8.70. The summed E-state index contributed by atoms with van der Waals surface area (Å²) in [4.78, 5) is 31.5. The highest BCUT2D eigenvalue weighted by atomic mass is 32.2. The fraction of sp³-hybridized carbons (Fsp3) is 0.345. The van der Waals surface area contributed by atoms with E-state index in [0.717, 1.165) is 33.0 Å². The van der Waals surface area contributed by atoms with Gasteiger partial charge in [0.1, 0.15) is 22.3 Å². The van der Waals surface area contributed by atoms with Crippen molar-refractivity contribution in [3.63, 3.8) is 0 Å². The zero-order chi connectivity index (χ0) is 27.9. The largest absolute Gasteiger partial charge is 0.495 e. The Labute approximate surface area is 241 Å². The molecule has 1 amide bonds. The molecule has 2 aromatic heterocycles. The first-order valence-electron chi connectivity index (χ1n) is 13.2. The molecular weight excluding hydrogens is 546 g/mol. The smallest absolute Gasteiger partial charge is 0.309 e. The number of methoxy groups -OCH3 is 1. The normalized spacial score (nSPS) is 13.8. The minimum Gasteiger partial charge on any atom is -0.495 e. The molecular formula is C29H31N5O4S2. The van der Waals surface area contributed by atoms with Crippen molar-refractivity contribution in [2.75, 3.05) is 26.8 Å². The number of piperidine rings is 1. The van der Waals surface area contributed by atoms with Crippen LogP contribution in [0.25, 0.3) is 5.69 Å². The summed E-state index contributed by atoms with van der Waals surface area (Å²) in [7, 11) is 1.65. The third kappa shape index (κ3) is 6.37. The van der Waals surface area contributed by atoms with Crippen LogP contribution in [-0.4, -0.2) is 63.3 Å². The van der Waals surface area contributed by atoms with Crippen molar-refractivity contribution >= 4 is 35.0 Å². The summed E-state index contributed by atoms with van der Waals surface area (Å²) in [5.41, 5.74) is 2.44. The van der Waals surface area contributed by atoms with Crippen molar-refractivity contribution in [3.05, 3.63) is 82.1 Å². The van der Waals surface area contributed by atoms with Crippen molar-refractivity contribution in [1.29, 1.82) is 0 Å². The molecule has 0 spiro atoms. The Hall–Kier alpha value is -3.70. The molecule has 1 fully saturated rings. The number of rotatable bonds is 10. The van der Waals surface area contributed by atoms with Gasteiger partial charge in [0.2, 0.25) is 0 Å². The topological polar surface area (TPSA) is 99.4 Å². The number of amides is 1. The fourth-order valence-electron chi connectivity index (χ4n) is 4.69. The van der Waals surface area contributed by atoms with Gasteiger partial charge in [-0.25, -0.2) is 4.98 Å². The highest BCUT2D eigenvalue weighted by molar-refractivity contribution is 7.98. The van der Waals surface area contributed by atoms with Crippen LogP contribution >= 0.6 is 23.1 Å². The van der Waals surface area contributed by atoms with E-state index in [9.17, 15) is 9.59 Å². The molecule has 11 heteroatoms. The van der Waals surface area contributed by atoms with Gasteiger partial charge in [-0.1, -0.05) is 54.2 Å². The van der Waals surface area contributed by atoms with Gasteiger partial charge >= 0.3 is 5.97 Å². The van der Waals surface area contributed by atoms with Crippen LogP contribution in [0.2, 0.25) is 0 Å². The van der Waals surface area contributed by atoms with E-state index >= 15 is 0 Å². The summed E-state index contributed by atoms with van der Waals surface area (Å²) in [6.07, 6.45) is 1.85. The van der Waals surface area contributed by atoms with Crippen molar-refractivity contribution in [2.45, 2.75) is 37.1 Å². The number of aromatic nitrogens is 4. The maximum absolute atomic E-state index is 13.1. The van der Waals surface area contributed by atoms with Gasteiger partial charge in [0.25, 0.3) is 5.91 Å². The second kappa shape index (κ2) is 13.1. The quantitative estimate of drug-likeness (QED) is 0.191. The number of nitrogens with zero attached hydrogens (tertiary/aromatic N) is 5. The molecule has 0 N–H and O–H groups in total. The Bertz CT molecular complexity index is 1450. The van der Waals surface area contributed by atoms with Crippen LogP contribution in [0, 0.1) is 5.92 Å². The number of benzene rings is 2. The van der Waals surface area contributed by atoms with Gasteiger partial charge in [0, 0.05) is 24.9 Å². The van der Waals surface area contributed by atoms with Gasteiger partial charge in [0.15, 0.2) is 5.16 Å². The zero-order valence-electron chi connectivity index (χ0n) is 22.5. The number of likely N-dealkylation sites (tertiary alicyclic amines) is 1. The van der Waals surface area contributed by atoms with E-state index in [1.807, 2.05) is 47.0 Å². The van der Waals surface area contributed by atoms with Crippen LogP contribution in [0.3, 0.4) is 0 Å². The van der Waals surface area contributed by atoms with Crippen molar-refractivity contribution in [1.82, 2.24) is 24.6 Å². The molecule has 2 aromatic carbocycles. The summed E-state index contributed by atoms with van der Waals surface area (Å²) in [6.45, 7) is 3.23. The van der Waals surface area contributed by atoms with E-state index in [4.69, 9.17) is 9.47 Å². The fourth-order valence-corrected chi connectivity index (χ4v) is 6.43. The number of thioether (sulfide) groups is 1. The number of carbonyl (C=O) groups is 2. The van der Waals surface area contributed by atoms with E-state index in [1.54, 1.807) is 24.3 Å². The highest BCUT2D eigenvalue weighted by Crippen LogP contribution is 2.31. The Morgan fingerprint density at radius 3 is 2.55 bits per heavy atom. The van der Waals surface area contributed by atoms with E-state index in [0.29, 0.717) is 50.4 Å². The predicted molar refractivity (Wildman–Crippen MR) is 154 cm³/mol. The summed E-state index contributed by atoms with van der Waals surface area (Å²) in [5, 5.41) is 12.4. The molecule has 0 bridgehead atoms. The van der Waals surface area contributed by atoms with Crippen LogP contribution in [-0.2, 0) is 21.7 Å². The molecule has 4 aromatic rings. The summed E-state index contributed by atoms with van der Waals surface area (Å²) < 4.78 is 12.8. The number of thiazole rings is 1. The van der Waals surface area contributed by atoms with Gasteiger partial charge < -0.3 is 14.4 Å². The number of hydrogen-bond donors (Lipinski definition) is 0. The maximum atomic E-state index is 13.1. The molecule has 0 saturated carbocycles. The monoisotopic (exact) mass is 577 g/mol. The number of carbonyl (C=O) groups excluding carboxylic acids is 2. The van der Waals surface area contributed by atoms with Gasteiger partial charge in [0.05, 0.1) is 31.1 Å². The molecule has 0 aliphatic carbocycles. The molecule has 40 heavy (non-hydrogen) atoms. The first kappa shape index (κ1) is 27.9. The molecule has 0 unspecified atom stereocenters. The molecule has 9 nitrogen and oxygen atoms in total. The highest BCUT2D eigenvalue weighted by Gasteiger charge is 2.29. The minimum atomic E-state index is -0.171. The standard InChI is InChI=1S/C29H31N5O4S2/c1-3-38-28(36)21-13-15-33(16-14-21)27(35)22-18-39-26(30-22)19-40-29-32-31-25(17-20-9-5-4-6-10-20)34(29)23-11-7-8-12-24(23)37-2/h4-12,18,21H,3,13-17,19H2,1-2H3. The van der Waals surface area contributed by atoms with Crippen LogP contribution in [0.1, 0.15) is 46.6 Å². The van der Waals surface area contributed by atoms with Crippen LogP contribution in [0.4, 0.5) is 0 Å². The summed E-state index contributed by atoms with van der Waals surface area (Å²) in [6, 6.07) is 18.0. The maximum Gasteiger partial charge on any atom is 0.309 e. The molecule has 3 heterocycles. The lowest BCUT2D eigenvalue weighted by Gasteiger charge is -2.30. The van der Waals surface area contributed by atoms with Crippen LogP contribution in [0.15, 0.2) is 65.1 Å². The van der Waals surface area contributed by atoms with Crippen molar-refractivity contribution < 1.29 is 19.1 Å². The molecule has 1 saturated heterocycles. The van der Waals surface area contributed by atoms with E-state index in [-0.39, 0.29) is 17.8 Å². The number of hydrogen-bond acceptors (Lipinski definition) is 9. The SMILES string of the molecule is CCOC(=O)C1CCN(C(=O)c2csc(CSc3nnc(Cc4ccccc4)n3-c3ccccc3OC)n2)CC1.